The Labute approximate surface area is 123 Å². The zero-order valence-electron chi connectivity index (χ0n) is 12.3. The summed E-state index contributed by atoms with van der Waals surface area (Å²) in [6, 6.07) is 0. The van der Waals surface area contributed by atoms with Crippen molar-refractivity contribution in [2.45, 2.75) is 39.5 Å². The third-order valence-corrected chi connectivity index (χ3v) is 2.65. The van der Waals surface area contributed by atoms with Gasteiger partial charge in [0.1, 0.15) is 24.4 Å². The second-order valence-corrected chi connectivity index (χ2v) is 5.37. The van der Waals surface area contributed by atoms with Crippen LogP contribution in [0.25, 0.3) is 0 Å². The number of carboxylic acids is 2. The summed E-state index contributed by atoms with van der Waals surface area (Å²) in [6.07, 6.45) is -0.688. The molecule has 0 unspecified atom stereocenters. The van der Waals surface area contributed by atoms with E-state index in [4.69, 9.17) is 14.9 Å². The number of hydrogen-bond acceptors (Lipinski definition) is 5. The molecule has 0 fully saturated rings. The average Bonchev–Trinajstić information content (AvgIpc) is 2.25. The van der Waals surface area contributed by atoms with Crippen LogP contribution >= 0.6 is 0 Å². The van der Waals surface area contributed by atoms with Crippen molar-refractivity contribution in [3.8, 4) is 0 Å². The van der Waals surface area contributed by atoms with Gasteiger partial charge in [0.2, 0.25) is 0 Å². The molecule has 0 saturated carbocycles. The highest BCUT2D eigenvalue weighted by molar-refractivity contribution is 5.95. The Balaban J connectivity index is 3.82. The summed E-state index contributed by atoms with van der Waals surface area (Å²) in [4.78, 5) is 43.2. The predicted octanol–water partition coefficient (Wildman–Crippen LogP) is 1.14. The van der Waals surface area contributed by atoms with Gasteiger partial charge in [-0.25, -0.2) is 0 Å². The van der Waals surface area contributed by atoms with Crippen LogP contribution in [0.4, 0.5) is 0 Å². The molecule has 120 valence electrons. The van der Waals surface area contributed by atoms with E-state index in [0.29, 0.717) is 13.2 Å². The van der Waals surface area contributed by atoms with Gasteiger partial charge in [-0.1, -0.05) is 13.8 Å². The molecular formula is C14H22O7. The zero-order valence-corrected chi connectivity index (χ0v) is 12.3. The van der Waals surface area contributed by atoms with Crippen LogP contribution in [0.5, 0.6) is 0 Å². The molecule has 0 aliphatic carbocycles. The Hall–Kier alpha value is -1.76. The minimum absolute atomic E-state index is 0.0984. The first-order chi connectivity index (χ1) is 9.70. The highest BCUT2D eigenvalue weighted by atomic mass is 16.5. The molecule has 2 atom stereocenters. The SMILES string of the molecule is C[C@@H](COC[C@H](C)CC(=O)CC(=O)O)CC(=O)CC(=O)O. The normalized spacial score (nSPS) is 13.4. The lowest BCUT2D eigenvalue weighted by molar-refractivity contribution is -0.142. The minimum Gasteiger partial charge on any atom is -0.481 e. The van der Waals surface area contributed by atoms with Crippen LogP contribution in [0.1, 0.15) is 39.5 Å². The molecule has 0 amide bonds. The maximum atomic E-state index is 11.3. The Morgan fingerprint density at radius 1 is 0.810 bits per heavy atom. The average molecular weight is 302 g/mol. The van der Waals surface area contributed by atoms with Crippen LogP contribution in [-0.2, 0) is 23.9 Å². The van der Waals surface area contributed by atoms with E-state index in [0.717, 1.165) is 0 Å². The first-order valence-electron chi connectivity index (χ1n) is 6.75. The van der Waals surface area contributed by atoms with E-state index < -0.39 is 24.8 Å². The van der Waals surface area contributed by atoms with Crippen molar-refractivity contribution < 1.29 is 34.1 Å². The van der Waals surface area contributed by atoms with Crippen molar-refractivity contribution in [3.63, 3.8) is 0 Å². The van der Waals surface area contributed by atoms with Crippen LogP contribution in [-0.4, -0.2) is 46.9 Å². The van der Waals surface area contributed by atoms with Crippen LogP contribution < -0.4 is 0 Å². The first-order valence-corrected chi connectivity index (χ1v) is 6.75. The number of hydrogen-bond donors (Lipinski definition) is 2. The van der Waals surface area contributed by atoms with Crippen LogP contribution in [0.3, 0.4) is 0 Å². The predicted molar refractivity (Wildman–Crippen MR) is 72.9 cm³/mol. The molecule has 0 saturated heterocycles. The van der Waals surface area contributed by atoms with Crippen molar-refractivity contribution in [2.75, 3.05) is 13.2 Å². The highest BCUT2D eigenvalue weighted by Crippen LogP contribution is 2.09. The Bertz CT molecular complexity index is 353. The fraction of sp³-hybridized carbons (Fsp3) is 0.714. The van der Waals surface area contributed by atoms with Gasteiger partial charge in [-0.05, 0) is 11.8 Å². The molecule has 0 heterocycles. The molecule has 0 spiro atoms. The number of aliphatic carboxylic acids is 2. The number of Topliss-reactive ketones (excluding diaryl/α,β-unsaturated/α-hetero) is 2. The van der Waals surface area contributed by atoms with Crippen LogP contribution in [0.2, 0.25) is 0 Å². The molecule has 0 aromatic rings. The molecule has 21 heavy (non-hydrogen) atoms. The number of rotatable bonds is 12. The summed E-state index contributed by atoms with van der Waals surface area (Å²) in [5.74, 6) is -3.17. The summed E-state index contributed by atoms with van der Waals surface area (Å²) >= 11 is 0. The Morgan fingerprint density at radius 3 is 1.43 bits per heavy atom. The number of carbonyl (C=O) groups is 4. The van der Waals surface area contributed by atoms with Gasteiger partial charge >= 0.3 is 11.9 Å². The lowest BCUT2D eigenvalue weighted by Gasteiger charge is -2.14. The molecular weight excluding hydrogens is 280 g/mol. The van der Waals surface area contributed by atoms with Crippen molar-refractivity contribution in [1.82, 2.24) is 0 Å². The fourth-order valence-corrected chi connectivity index (χ4v) is 1.85. The van der Waals surface area contributed by atoms with Gasteiger partial charge in [-0.2, -0.15) is 0 Å². The lowest BCUT2D eigenvalue weighted by Crippen LogP contribution is -2.18. The van der Waals surface area contributed by atoms with Crippen LogP contribution in [0, 0.1) is 11.8 Å². The van der Waals surface area contributed by atoms with Crippen molar-refractivity contribution in [1.29, 1.82) is 0 Å². The number of carboxylic acid groups (broad SMARTS) is 2. The smallest absolute Gasteiger partial charge is 0.310 e. The third-order valence-electron chi connectivity index (χ3n) is 2.65. The molecule has 7 nitrogen and oxygen atoms in total. The van der Waals surface area contributed by atoms with Gasteiger partial charge in [0, 0.05) is 26.1 Å². The first kappa shape index (κ1) is 19.2. The summed E-state index contributed by atoms with van der Waals surface area (Å²) in [5, 5.41) is 16.9. The van der Waals surface area contributed by atoms with E-state index in [1.807, 2.05) is 0 Å². The molecule has 0 rings (SSSR count). The van der Waals surface area contributed by atoms with Gasteiger partial charge in [0.15, 0.2) is 0 Å². The second kappa shape index (κ2) is 10.0. The molecule has 0 aromatic carbocycles. The lowest BCUT2D eigenvalue weighted by atomic mass is 10.0. The standard InChI is InChI=1S/C14H22O7/c1-9(3-11(15)5-13(17)18)7-21-8-10(2)4-12(16)6-14(19)20/h9-10H,3-8H2,1-2H3,(H,17,18)(H,19,20)/t9-,10-/m1/s1. The van der Waals surface area contributed by atoms with E-state index in [1.165, 1.54) is 0 Å². The molecule has 0 aromatic heterocycles. The van der Waals surface area contributed by atoms with Gasteiger partial charge in [-0.3, -0.25) is 19.2 Å². The fourth-order valence-electron chi connectivity index (χ4n) is 1.85. The van der Waals surface area contributed by atoms with Crippen molar-refractivity contribution in [3.05, 3.63) is 0 Å². The van der Waals surface area contributed by atoms with E-state index in [9.17, 15) is 19.2 Å². The summed E-state index contributed by atoms with van der Waals surface area (Å²) in [6.45, 7) is 4.14. The monoisotopic (exact) mass is 302 g/mol. The van der Waals surface area contributed by atoms with E-state index in [1.54, 1.807) is 13.8 Å². The van der Waals surface area contributed by atoms with Gasteiger partial charge < -0.3 is 14.9 Å². The van der Waals surface area contributed by atoms with Crippen molar-refractivity contribution >= 4 is 23.5 Å². The molecule has 0 radical (unpaired) electrons. The van der Waals surface area contributed by atoms with E-state index >= 15 is 0 Å². The van der Waals surface area contributed by atoms with Gasteiger partial charge in [0.05, 0.1) is 0 Å². The largest absolute Gasteiger partial charge is 0.481 e. The maximum Gasteiger partial charge on any atom is 0.310 e. The number of ketones is 2. The zero-order chi connectivity index (χ0) is 16.4. The summed E-state index contributed by atoms with van der Waals surface area (Å²) in [5.41, 5.74) is 0. The molecule has 7 heteroatoms. The number of ether oxygens (including phenoxy) is 1. The van der Waals surface area contributed by atoms with Gasteiger partial charge in [0.25, 0.3) is 0 Å². The third kappa shape index (κ3) is 11.7. The van der Waals surface area contributed by atoms with E-state index in [-0.39, 0.29) is 36.2 Å². The topological polar surface area (TPSA) is 118 Å². The van der Waals surface area contributed by atoms with E-state index in [2.05, 4.69) is 0 Å². The summed E-state index contributed by atoms with van der Waals surface area (Å²) in [7, 11) is 0. The quantitative estimate of drug-likeness (QED) is 0.519. The molecule has 0 aliphatic rings. The Kier molecular flexibility index (Phi) is 9.20. The maximum absolute atomic E-state index is 11.3. The Morgan fingerprint density at radius 2 is 1.14 bits per heavy atom. The molecule has 0 aliphatic heterocycles. The van der Waals surface area contributed by atoms with Crippen molar-refractivity contribution in [2.24, 2.45) is 11.8 Å². The molecule has 2 N–H and O–H groups in total. The summed E-state index contributed by atoms with van der Waals surface area (Å²) < 4.78 is 5.37. The second-order valence-electron chi connectivity index (χ2n) is 5.37. The minimum atomic E-state index is -1.14. The van der Waals surface area contributed by atoms with Gasteiger partial charge in [-0.15, -0.1) is 0 Å². The van der Waals surface area contributed by atoms with Crippen LogP contribution in [0.15, 0.2) is 0 Å². The molecule has 0 bridgehead atoms. The highest BCUT2D eigenvalue weighted by Gasteiger charge is 2.15. The number of carbonyl (C=O) groups excluding carboxylic acids is 2.